The van der Waals surface area contributed by atoms with Crippen molar-refractivity contribution >= 4 is 16.2 Å². The third-order valence-electron chi connectivity index (χ3n) is 3.65. The number of benzene rings is 1. The minimum atomic E-state index is -4.11. The molecule has 1 aromatic rings. The van der Waals surface area contributed by atoms with Gasteiger partial charge in [0.1, 0.15) is 5.75 Å². The summed E-state index contributed by atoms with van der Waals surface area (Å²) in [5.41, 5.74) is 0.650. The minimum absolute atomic E-state index is 0.0121. The van der Waals surface area contributed by atoms with E-state index in [0.717, 1.165) is 43.9 Å². The molecule has 0 unspecified atom stereocenters. The van der Waals surface area contributed by atoms with E-state index in [2.05, 4.69) is 0 Å². The molecule has 0 radical (unpaired) electrons. The second-order valence-corrected chi connectivity index (χ2v) is 7.19. The maximum Gasteiger partial charge on any atom is 0.287 e. The molecule has 25 heavy (non-hydrogen) atoms. The van der Waals surface area contributed by atoms with Crippen molar-refractivity contribution < 1.29 is 26.5 Å². The SMILES string of the molecule is O=S(=O)(O)/C=C/c1ccc(OCCCCCCCCCC(F)F)cc1. The molecule has 1 rings (SSSR count). The van der Waals surface area contributed by atoms with Gasteiger partial charge in [0, 0.05) is 6.42 Å². The third-order valence-corrected chi connectivity index (χ3v) is 4.13. The lowest BCUT2D eigenvalue weighted by atomic mass is 10.1. The molecule has 0 aliphatic rings. The van der Waals surface area contributed by atoms with Gasteiger partial charge in [-0.1, -0.05) is 44.2 Å². The Bertz CT molecular complexity index is 598. The zero-order chi connectivity index (χ0) is 18.5. The van der Waals surface area contributed by atoms with Crippen LogP contribution < -0.4 is 4.74 Å². The van der Waals surface area contributed by atoms with E-state index in [1.807, 2.05) is 0 Å². The molecule has 0 saturated heterocycles. The maximum atomic E-state index is 11.9. The van der Waals surface area contributed by atoms with Crippen LogP contribution in [0.5, 0.6) is 5.75 Å². The summed E-state index contributed by atoms with van der Waals surface area (Å²) in [5.74, 6) is 0.705. The monoisotopic (exact) mass is 376 g/mol. The number of rotatable bonds is 13. The number of halogens is 2. The number of hydrogen-bond acceptors (Lipinski definition) is 3. The second-order valence-electron chi connectivity index (χ2n) is 5.89. The molecule has 0 bridgehead atoms. The molecule has 0 amide bonds. The van der Waals surface area contributed by atoms with Gasteiger partial charge >= 0.3 is 0 Å². The third kappa shape index (κ3) is 12.5. The highest BCUT2D eigenvalue weighted by molar-refractivity contribution is 7.88. The summed E-state index contributed by atoms with van der Waals surface area (Å²) >= 11 is 0. The Hall–Kier alpha value is -1.47. The van der Waals surface area contributed by atoms with Crippen molar-refractivity contribution in [1.29, 1.82) is 0 Å². The first kappa shape index (κ1) is 21.6. The van der Waals surface area contributed by atoms with Crippen LogP contribution in [0.2, 0.25) is 0 Å². The molecule has 0 atom stereocenters. The molecule has 1 N–H and O–H groups in total. The normalized spacial score (nSPS) is 12.2. The molecule has 142 valence electrons. The van der Waals surface area contributed by atoms with Gasteiger partial charge in [0.15, 0.2) is 0 Å². The number of ether oxygens (including phenoxy) is 1. The average Bonchev–Trinajstić information content (AvgIpc) is 2.55. The van der Waals surface area contributed by atoms with Crippen molar-refractivity contribution in [3.05, 3.63) is 35.2 Å². The lowest BCUT2D eigenvalue weighted by molar-refractivity contribution is 0.133. The number of unbranched alkanes of at least 4 members (excludes halogenated alkanes) is 6. The van der Waals surface area contributed by atoms with Gasteiger partial charge in [0.25, 0.3) is 10.1 Å². The Labute approximate surface area is 148 Å². The van der Waals surface area contributed by atoms with E-state index in [-0.39, 0.29) is 6.42 Å². The molecule has 0 aromatic heterocycles. The van der Waals surface area contributed by atoms with Crippen molar-refractivity contribution in [1.82, 2.24) is 0 Å². The Morgan fingerprint density at radius 1 is 0.960 bits per heavy atom. The molecule has 0 heterocycles. The first-order chi connectivity index (χ1) is 11.9. The van der Waals surface area contributed by atoms with E-state index in [9.17, 15) is 17.2 Å². The van der Waals surface area contributed by atoms with Crippen molar-refractivity contribution in [3.63, 3.8) is 0 Å². The first-order valence-corrected chi connectivity index (χ1v) is 10.0. The second kappa shape index (κ2) is 12.0. The van der Waals surface area contributed by atoms with E-state index < -0.39 is 16.5 Å². The number of hydrogen-bond donors (Lipinski definition) is 1. The summed E-state index contributed by atoms with van der Waals surface area (Å²) in [4.78, 5) is 0. The molecule has 0 aliphatic carbocycles. The van der Waals surface area contributed by atoms with Gasteiger partial charge in [-0.25, -0.2) is 8.78 Å². The van der Waals surface area contributed by atoms with Crippen LogP contribution in [0.4, 0.5) is 8.78 Å². The average molecular weight is 376 g/mol. The van der Waals surface area contributed by atoms with Gasteiger partial charge in [-0.15, -0.1) is 0 Å². The molecular formula is C18H26F2O4S. The minimum Gasteiger partial charge on any atom is -0.494 e. The van der Waals surface area contributed by atoms with Crippen LogP contribution in [0.25, 0.3) is 6.08 Å². The topological polar surface area (TPSA) is 63.6 Å². The first-order valence-electron chi connectivity index (χ1n) is 8.53. The molecule has 1 aromatic carbocycles. The van der Waals surface area contributed by atoms with Gasteiger partial charge in [0.05, 0.1) is 12.0 Å². The predicted molar refractivity (Wildman–Crippen MR) is 95.5 cm³/mol. The smallest absolute Gasteiger partial charge is 0.287 e. The van der Waals surface area contributed by atoms with Gasteiger partial charge in [-0.2, -0.15) is 8.42 Å². The fraction of sp³-hybridized carbons (Fsp3) is 0.556. The molecular weight excluding hydrogens is 350 g/mol. The van der Waals surface area contributed by atoms with Crippen molar-refractivity contribution in [2.75, 3.05) is 6.61 Å². The standard InChI is InChI=1S/C18H26F2O4S/c19-18(20)8-6-4-2-1-3-5-7-14-24-17-11-9-16(10-12-17)13-15-25(21,22)23/h9-13,15,18H,1-8,14H2,(H,21,22,23)/b15-13+. The predicted octanol–water partition coefficient (Wildman–Crippen LogP) is 5.31. The zero-order valence-electron chi connectivity index (χ0n) is 14.2. The molecule has 7 heteroatoms. The highest BCUT2D eigenvalue weighted by atomic mass is 32.2. The summed E-state index contributed by atoms with van der Waals surface area (Å²) in [6.45, 7) is 0.603. The summed E-state index contributed by atoms with van der Waals surface area (Å²) in [5, 5.41) is 0.733. The summed E-state index contributed by atoms with van der Waals surface area (Å²) in [6, 6.07) is 6.90. The largest absolute Gasteiger partial charge is 0.494 e. The van der Waals surface area contributed by atoms with Crippen molar-refractivity contribution in [3.8, 4) is 5.75 Å². The highest BCUT2D eigenvalue weighted by Crippen LogP contribution is 2.15. The van der Waals surface area contributed by atoms with Gasteiger partial charge in [-0.05, 0) is 36.6 Å². The Morgan fingerprint density at radius 3 is 2.08 bits per heavy atom. The van der Waals surface area contributed by atoms with E-state index in [0.29, 0.717) is 24.3 Å². The van der Waals surface area contributed by atoms with Gasteiger partial charge in [-0.3, -0.25) is 4.55 Å². The fourth-order valence-corrected chi connectivity index (χ4v) is 2.64. The fourth-order valence-electron chi connectivity index (χ4n) is 2.31. The number of alkyl halides is 2. The van der Waals surface area contributed by atoms with Crippen LogP contribution in [0, 0.1) is 0 Å². The summed E-state index contributed by atoms with van der Waals surface area (Å²) in [6.07, 6.45) is 5.76. The van der Waals surface area contributed by atoms with Crippen molar-refractivity contribution in [2.45, 2.75) is 57.8 Å². The lowest BCUT2D eigenvalue weighted by Crippen LogP contribution is -1.97. The summed E-state index contributed by atoms with van der Waals surface area (Å²) < 4.78 is 59.4. The van der Waals surface area contributed by atoms with E-state index >= 15 is 0 Å². The Kier molecular flexibility index (Phi) is 10.3. The van der Waals surface area contributed by atoms with E-state index in [1.165, 1.54) is 6.08 Å². The molecule has 0 fully saturated rings. The maximum absolute atomic E-state index is 11.9. The van der Waals surface area contributed by atoms with Gasteiger partial charge in [0.2, 0.25) is 6.43 Å². The van der Waals surface area contributed by atoms with E-state index in [1.54, 1.807) is 24.3 Å². The van der Waals surface area contributed by atoms with Gasteiger partial charge < -0.3 is 4.74 Å². The Balaban J connectivity index is 2.08. The van der Waals surface area contributed by atoms with Crippen molar-refractivity contribution in [2.24, 2.45) is 0 Å². The van der Waals surface area contributed by atoms with Crippen LogP contribution in [0.15, 0.2) is 29.7 Å². The molecule has 0 spiro atoms. The van der Waals surface area contributed by atoms with Crippen LogP contribution in [-0.4, -0.2) is 26.0 Å². The summed E-state index contributed by atoms with van der Waals surface area (Å²) in [7, 11) is -4.11. The van der Waals surface area contributed by atoms with Crippen LogP contribution in [-0.2, 0) is 10.1 Å². The van der Waals surface area contributed by atoms with Crippen LogP contribution >= 0.6 is 0 Å². The zero-order valence-corrected chi connectivity index (χ0v) is 15.1. The quantitative estimate of drug-likeness (QED) is 0.374. The van der Waals surface area contributed by atoms with Crippen LogP contribution in [0.3, 0.4) is 0 Å². The highest BCUT2D eigenvalue weighted by Gasteiger charge is 2.01. The van der Waals surface area contributed by atoms with E-state index in [4.69, 9.17) is 9.29 Å². The molecule has 0 aliphatic heterocycles. The molecule has 4 nitrogen and oxygen atoms in total. The Morgan fingerprint density at radius 2 is 1.52 bits per heavy atom. The van der Waals surface area contributed by atoms with Crippen LogP contribution in [0.1, 0.15) is 56.9 Å². The lowest BCUT2D eigenvalue weighted by Gasteiger charge is -2.06. The molecule has 0 saturated carbocycles.